The fourth-order valence-corrected chi connectivity index (χ4v) is 2.57. The topological polar surface area (TPSA) is 86.3 Å². The molecule has 8 heteroatoms. The van der Waals surface area contributed by atoms with E-state index in [1.807, 2.05) is 24.3 Å². The molecule has 1 atom stereocenters. The van der Waals surface area contributed by atoms with Gasteiger partial charge in [0.2, 0.25) is 5.76 Å². The third-order valence-electron chi connectivity index (χ3n) is 4.01. The number of nitrogens with one attached hydrogen (secondary N) is 1. The van der Waals surface area contributed by atoms with Gasteiger partial charge in [-0.1, -0.05) is 0 Å². The molecule has 140 valence electrons. The molecule has 2 aliphatic rings. The summed E-state index contributed by atoms with van der Waals surface area (Å²) in [6.07, 6.45) is 0.230. The van der Waals surface area contributed by atoms with Gasteiger partial charge in [0.15, 0.2) is 6.10 Å². The lowest BCUT2D eigenvalue weighted by molar-refractivity contribution is -0.153. The van der Waals surface area contributed by atoms with Crippen molar-refractivity contribution in [3.05, 3.63) is 36.3 Å². The molecule has 0 saturated carbocycles. The standard InChI is InChI=1S/C18H22N2O6/c1-13(26-18(22)16-12-24-10-11-25-16)17(21)19-14-2-4-15(5-3-14)20-6-8-23-9-7-20/h2-5,12-13H,6-11H2,1H3,(H,19,21)/t13-/m1/s1. The Morgan fingerprint density at radius 1 is 1.12 bits per heavy atom. The summed E-state index contributed by atoms with van der Waals surface area (Å²) in [6, 6.07) is 7.51. The monoisotopic (exact) mass is 362 g/mol. The van der Waals surface area contributed by atoms with E-state index in [2.05, 4.69) is 10.2 Å². The van der Waals surface area contributed by atoms with Gasteiger partial charge in [-0.15, -0.1) is 0 Å². The van der Waals surface area contributed by atoms with Gasteiger partial charge in [0, 0.05) is 24.5 Å². The first-order chi connectivity index (χ1) is 12.6. The van der Waals surface area contributed by atoms with Gasteiger partial charge in [-0.05, 0) is 31.2 Å². The molecule has 0 bridgehead atoms. The van der Waals surface area contributed by atoms with Crippen LogP contribution in [-0.2, 0) is 28.5 Å². The Hall–Kier alpha value is -2.74. The molecule has 0 aliphatic carbocycles. The Labute approximate surface area is 151 Å². The average molecular weight is 362 g/mol. The van der Waals surface area contributed by atoms with E-state index in [4.69, 9.17) is 18.9 Å². The van der Waals surface area contributed by atoms with Gasteiger partial charge >= 0.3 is 5.97 Å². The van der Waals surface area contributed by atoms with Crippen LogP contribution in [-0.4, -0.2) is 57.5 Å². The van der Waals surface area contributed by atoms with Crippen LogP contribution >= 0.6 is 0 Å². The molecule has 1 N–H and O–H groups in total. The van der Waals surface area contributed by atoms with E-state index in [0.717, 1.165) is 18.8 Å². The van der Waals surface area contributed by atoms with Crippen molar-refractivity contribution in [1.82, 2.24) is 0 Å². The summed E-state index contributed by atoms with van der Waals surface area (Å²) >= 11 is 0. The normalized spacial score (nSPS) is 18.0. The fraction of sp³-hybridized carbons (Fsp3) is 0.444. The Morgan fingerprint density at radius 2 is 1.85 bits per heavy atom. The van der Waals surface area contributed by atoms with Crippen molar-refractivity contribution in [2.45, 2.75) is 13.0 Å². The van der Waals surface area contributed by atoms with E-state index < -0.39 is 18.0 Å². The summed E-state index contributed by atoms with van der Waals surface area (Å²) in [6.45, 7) is 5.28. The Morgan fingerprint density at radius 3 is 2.50 bits per heavy atom. The van der Waals surface area contributed by atoms with E-state index in [0.29, 0.717) is 25.5 Å². The third kappa shape index (κ3) is 4.66. The number of anilines is 2. The van der Waals surface area contributed by atoms with Gasteiger partial charge in [0.05, 0.1) is 13.2 Å². The molecule has 0 unspecified atom stereocenters. The van der Waals surface area contributed by atoms with Gasteiger partial charge in [0.25, 0.3) is 5.91 Å². The average Bonchev–Trinajstić information content (AvgIpc) is 2.70. The number of hydrogen-bond donors (Lipinski definition) is 1. The van der Waals surface area contributed by atoms with Crippen LogP contribution in [0.15, 0.2) is 36.3 Å². The molecule has 8 nitrogen and oxygen atoms in total. The maximum atomic E-state index is 12.2. The first-order valence-corrected chi connectivity index (χ1v) is 8.52. The fourth-order valence-electron chi connectivity index (χ4n) is 2.57. The molecule has 1 fully saturated rings. The summed E-state index contributed by atoms with van der Waals surface area (Å²) < 4.78 is 20.6. The zero-order chi connectivity index (χ0) is 18.4. The van der Waals surface area contributed by atoms with E-state index in [-0.39, 0.29) is 12.4 Å². The number of nitrogens with zero attached hydrogens (tertiary/aromatic N) is 1. The first-order valence-electron chi connectivity index (χ1n) is 8.52. The molecule has 1 aromatic rings. The second-order valence-corrected chi connectivity index (χ2v) is 5.88. The van der Waals surface area contributed by atoms with Gasteiger partial charge in [0.1, 0.15) is 19.5 Å². The minimum Gasteiger partial charge on any atom is -0.493 e. The van der Waals surface area contributed by atoms with Crippen molar-refractivity contribution >= 4 is 23.3 Å². The van der Waals surface area contributed by atoms with Crippen molar-refractivity contribution in [3.8, 4) is 0 Å². The lowest BCUT2D eigenvalue weighted by Crippen LogP contribution is -2.36. The third-order valence-corrected chi connectivity index (χ3v) is 4.01. The highest BCUT2D eigenvalue weighted by Gasteiger charge is 2.23. The van der Waals surface area contributed by atoms with Crippen LogP contribution < -0.4 is 10.2 Å². The molecule has 0 radical (unpaired) electrons. The first kappa shape index (κ1) is 18.1. The van der Waals surface area contributed by atoms with Crippen LogP contribution in [0.2, 0.25) is 0 Å². The van der Waals surface area contributed by atoms with Crippen LogP contribution in [0, 0.1) is 0 Å². The van der Waals surface area contributed by atoms with Crippen LogP contribution in [0.25, 0.3) is 0 Å². The molecule has 0 aromatic heterocycles. The number of rotatable bonds is 5. The van der Waals surface area contributed by atoms with Crippen molar-refractivity contribution in [2.75, 3.05) is 49.7 Å². The number of carbonyl (C=O) groups is 2. The van der Waals surface area contributed by atoms with E-state index in [9.17, 15) is 9.59 Å². The number of esters is 1. The van der Waals surface area contributed by atoms with E-state index in [1.165, 1.54) is 13.2 Å². The number of amides is 1. The molecule has 26 heavy (non-hydrogen) atoms. The maximum Gasteiger partial charge on any atom is 0.377 e. The molecular formula is C18H22N2O6. The van der Waals surface area contributed by atoms with Crippen molar-refractivity contribution < 1.29 is 28.5 Å². The van der Waals surface area contributed by atoms with Crippen LogP contribution in [0.5, 0.6) is 0 Å². The summed E-state index contributed by atoms with van der Waals surface area (Å²) in [4.78, 5) is 26.3. The highest BCUT2D eigenvalue weighted by atomic mass is 16.6. The molecule has 1 aromatic carbocycles. The van der Waals surface area contributed by atoms with Crippen molar-refractivity contribution in [1.29, 1.82) is 0 Å². The quantitative estimate of drug-likeness (QED) is 0.790. The molecule has 1 saturated heterocycles. The van der Waals surface area contributed by atoms with Crippen LogP contribution in [0.4, 0.5) is 11.4 Å². The van der Waals surface area contributed by atoms with Crippen LogP contribution in [0.3, 0.4) is 0 Å². The smallest absolute Gasteiger partial charge is 0.377 e. The highest BCUT2D eigenvalue weighted by Crippen LogP contribution is 2.19. The second-order valence-electron chi connectivity index (χ2n) is 5.88. The van der Waals surface area contributed by atoms with Crippen molar-refractivity contribution in [2.24, 2.45) is 0 Å². The van der Waals surface area contributed by atoms with Crippen LogP contribution in [0.1, 0.15) is 6.92 Å². The zero-order valence-corrected chi connectivity index (χ0v) is 14.6. The number of ether oxygens (including phenoxy) is 4. The summed E-state index contributed by atoms with van der Waals surface area (Å²) in [5.41, 5.74) is 1.71. The summed E-state index contributed by atoms with van der Waals surface area (Å²) in [7, 11) is 0. The summed E-state index contributed by atoms with van der Waals surface area (Å²) in [5, 5.41) is 2.73. The number of benzene rings is 1. The Balaban J connectivity index is 1.51. The lowest BCUT2D eigenvalue weighted by atomic mass is 10.2. The summed E-state index contributed by atoms with van der Waals surface area (Å²) in [5.74, 6) is -1.18. The predicted octanol–water partition coefficient (Wildman–Crippen LogP) is 1.28. The largest absolute Gasteiger partial charge is 0.493 e. The minimum atomic E-state index is -0.965. The zero-order valence-electron chi connectivity index (χ0n) is 14.6. The Kier molecular flexibility index (Phi) is 5.96. The molecule has 3 rings (SSSR count). The molecule has 1 amide bonds. The van der Waals surface area contributed by atoms with Crippen molar-refractivity contribution in [3.63, 3.8) is 0 Å². The Bertz CT molecular complexity index is 667. The predicted molar refractivity (Wildman–Crippen MR) is 93.6 cm³/mol. The lowest BCUT2D eigenvalue weighted by Gasteiger charge is -2.28. The van der Waals surface area contributed by atoms with Gasteiger partial charge in [-0.25, -0.2) is 4.79 Å². The van der Waals surface area contributed by atoms with Gasteiger partial charge in [-0.2, -0.15) is 0 Å². The number of morpholine rings is 1. The highest BCUT2D eigenvalue weighted by molar-refractivity contribution is 5.96. The number of carbonyl (C=O) groups excluding carboxylic acids is 2. The van der Waals surface area contributed by atoms with Gasteiger partial charge in [-0.3, -0.25) is 4.79 Å². The second kappa shape index (κ2) is 8.57. The maximum absolute atomic E-state index is 12.2. The SMILES string of the molecule is C[C@@H](OC(=O)C1=COCCO1)C(=O)Nc1ccc(N2CCOCC2)cc1. The molecule has 2 heterocycles. The number of hydrogen-bond acceptors (Lipinski definition) is 7. The van der Waals surface area contributed by atoms with Gasteiger partial charge < -0.3 is 29.2 Å². The van der Waals surface area contributed by atoms with E-state index in [1.54, 1.807) is 0 Å². The molecule has 2 aliphatic heterocycles. The molecular weight excluding hydrogens is 340 g/mol. The minimum absolute atomic E-state index is 0.0363. The van der Waals surface area contributed by atoms with E-state index >= 15 is 0 Å². The molecule has 0 spiro atoms.